The Kier molecular flexibility index (Phi) is 16.4. The second kappa shape index (κ2) is 14.8. The summed E-state index contributed by atoms with van der Waals surface area (Å²) in [6, 6.07) is 0.547. The van der Waals surface area contributed by atoms with Crippen molar-refractivity contribution in [1.82, 2.24) is 15.5 Å². The molecule has 0 aromatic heterocycles. The quantitative estimate of drug-likeness (QED) is 0.249. The highest BCUT2D eigenvalue weighted by Gasteiger charge is 2.17. The summed E-state index contributed by atoms with van der Waals surface area (Å²) in [6.07, 6.45) is 1.20. The van der Waals surface area contributed by atoms with Crippen LogP contribution >= 0.6 is 24.0 Å². The van der Waals surface area contributed by atoms with Gasteiger partial charge in [0.25, 0.3) is 0 Å². The lowest BCUT2D eigenvalue weighted by atomic mass is 10.0. The number of hydrogen-bond donors (Lipinski definition) is 2. The van der Waals surface area contributed by atoms with Crippen LogP contribution in [0.4, 0.5) is 0 Å². The third-order valence-corrected chi connectivity index (χ3v) is 3.40. The van der Waals surface area contributed by atoms with E-state index >= 15 is 0 Å². The van der Waals surface area contributed by atoms with E-state index in [1.54, 1.807) is 14.2 Å². The molecular formula is C15H35IN4O. The largest absolute Gasteiger partial charge is 0.383 e. The van der Waals surface area contributed by atoms with Crippen molar-refractivity contribution in [2.45, 2.75) is 40.2 Å². The fourth-order valence-corrected chi connectivity index (χ4v) is 2.35. The highest BCUT2D eigenvalue weighted by Crippen LogP contribution is 2.10. The third kappa shape index (κ3) is 11.2. The first-order valence-electron chi connectivity index (χ1n) is 7.76. The van der Waals surface area contributed by atoms with Gasteiger partial charge in [-0.3, -0.25) is 9.89 Å². The second-order valence-electron chi connectivity index (χ2n) is 5.38. The van der Waals surface area contributed by atoms with Crippen LogP contribution in [0.15, 0.2) is 4.99 Å². The molecule has 1 atom stereocenters. The molecule has 0 aliphatic rings. The summed E-state index contributed by atoms with van der Waals surface area (Å²) in [5.41, 5.74) is 0. The van der Waals surface area contributed by atoms with Gasteiger partial charge >= 0.3 is 0 Å². The van der Waals surface area contributed by atoms with E-state index < -0.39 is 0 Å². The van der Waals surface area contributed by atoms with Gasteiger partial charge in [0.15, 0.2) is 5.96 Å². The Bertz CT molecular complexity index is 258. The van der Waals surface area contributed by atoms with E-state index in [4.69, 9.17) is 4.74 Å². The van der Waals surface area contributed by atoms with Crippen LogP contribution in [-0.4, -0.2) is 63.8 Å². The van der Waals surface area contributed by atoms with E-state index in [1.807, 2.05) is 0 Å². The average molecular weight is 414 g/mol. The monoisotopic (exact) mass is 414 g/mol. The lowest BCUT2D eigenvalue weighted by Crippen LogP contribution is -2.48. The Hall–Kier alpha value is -0.0800. The normalized spacial score (nSPS) is 13.2. The van der Waals surface area contributed by atoms with Gasteiger partial charge < -0.3 is 15.4 Å². The van der Waals surface area contributed by atoms with Crippen molar-refractivity contribution in [3.05, 3.63) is 0 Å². The Balaban J connectivity index is 0. The van der Waals surface area contributed by atoms with Crippen LogP contribution in [-0.2, 0) is 4.74 Å². The van der Waals surface area contributed by atoms with Gasteiger partial charge in [0.05, 0.1) is 6.61 Å². The van der Waals surface area contributed by atoms with E-state index in [-0.39, 0.29) is 24.0 Å². The number of hydrogen-bond acceptors (Lipinski definition) is 3. The summed E-state index contributed by atoms with van der Waals surface area (Å²) < 4.78 is 5.03. The maximum Gasteiger partial charge on any atom is 0.191 e. The van der Waals surface area contributed by atoms with Gasteiger partial charge in [-0.2, -0.15) is 0 Å². The van der Waals surface area contributed by atoms with Crippen LogP contribution in [0.1, 0.15) is 34.1 Å². The maximum absolute atomic E-state index is 5.03. The highest BCUT2D eigenvalue weighted by atomic mass is 127. The molecule has 2 N–H and O–H groups in total. The molecular weight excluding hydrogens is 379 g/mol. The number of likely N-dealkylation sites (N-methyl/N-ethyl adjacent to an activating group) is 1. The van der Waals surface area contributed by atoms with Gasteiger partial charge in [-0.05, 0) is 25.4 Å². The Labute approximate surface area is 148 Å². The minimum Gasteiger partial charge on any atom is -0.383 e. The zero-order valence-electron chi connectivity index (χ0n) is 14.6. The maximum atomic E-state index is 5.03. The molecule has 0 rings (SSSR count). The smallest absolute Gasteiger partial charge is 0.191 e. The Morgan fingerprint density at radius 1 is 1.19 bits per heavy atom. The molecule has 0 fully saturated rings. The summed E-state index contributed by atoms with van der Waals surface area (Å²) in [5.74, 6) is 1.55. The number of rotatable bonds is 10. The molecule has 1 unspecified atom stereocenters. The molecule has 21 heavy (non-hydrogen) atoms. The molecule has 0 saturated carbocycles. The molecule has 0 saturated heterocycles. The first-order valence-corrected chi connectivity index (χ1v) is 7.76. The van der Waals surface area contributed by atoms with E-state index in [2.05, 4.69) is 48.2 Å². The van der Waals surface area contributed by atoms with Crippen LogP contribution < -0.4 is 10.6 Å². The number of aliphatic imine (C=N–C) groups is 1. The predicted octanol–water partition coefficient (Wildman–Crippen LogP) is 2.17. The number of nitrogens with zero attached hydrogens (tertiary/aromatic N) is 2. The van der Waals surface area contributed by atoms with Crippen molar-refractivity contribution in [2.75, 3.05) is 46.9 Å². The third-order valence-electron chi connectivity index (χ3n) is 3.40. The first kappa shape index (κ1) is 23.2. The number of halogens is 1. The van der Waals surface area contributed by atoms with E-state index in [9.17, 15) is 0 Å². The summed E-state index contributed by atoms with van der Waals surface area (Å²) in [5, 5.41) is 6.67. The van der Waals surface area contributed by atoms with Crippen LogP contribution in [0.2, 0.25) is 0 Å². The van der Waals surface area contributed by atoms with Crippen LogP contribution in [0.3, 0.4) is 0 Å². The standard InChI is InChI=1S/C15H34N4O.HI/c1-7-19(8-2)14(11-13(3)4)12-18-15(16-5)17-9-10-20-6;/h13-14H,7-12H2,1-6H3,(H2,16,17,18);1H. The molecule has 0 aliphatic carbocycles. The number of guanidine groups is 1. The summed E-state index contributed by atoms with van der Waals surface area (Å²) in [4.78, 5) is 6.75. The molecule has 0 aromatic rings. The van der Waals surface area contributed by atoms with Gasteiger partial charge in [-0.25, -0.2) is 0 Å². The predicted molar refractivity (Wildman–Crippen MR) is 103 cm³/mol. The Morgan fingerprint density at radius 3 is 2.24 bits per heavy atom. The van der Waals surface area contributed by atoms with Gasteiger partial charge in [-0.15, -0.1) is 24.0 Å². The molecule has 0 bridgehead atoms. The van der Waals surface area contributed by atoms with Crippen molar-refractivity contribution >= 4 is 29.9 Å². The van der Waals surface area contributed by atoms with Gasteiger partial charge in [0.1, 0.15) is 0 Å². The average Bonchev–Trinajstić information content (AvgIpc) is 2.43. The number of ether oxygens (including phenoxy) is 1. The lowest BCUT2D eigenvalue weighted by molar-refractivity contribution is 0.190. The lowest BCUT2D eigenvalue weighted by Gasteiger charge is -2.31. The van der Waals surface area contributed by atoms with Crippen molar-refractivity contribution in [3.8, 4) is 0 Å². The molecule has 6 heteroatoms. The summed E-state index contributed by atoms with van der Waals surface area (Å²) in [6.45, 7) is 13.6. The van der Waals surface area contributed by atoms with Gasteiger partial charge in [0.2, 0.25) is 0 Å². The Morgan fingerprint density at radius 2 is 1.81 bits per heavy atom. The first-order chi connectivity index (χ1) is 9.58. The van der Waals surface area contributed by atoms with Crippen LogP contribution in [0.5, 0.6) is 0 Å². The summed E-state index contributed by atoms with van der Waals surface area (Å²) in [7, 11) is 3.51. The number of methoxy groups -OCH3 is 1. The van der Waals surface area contributed by atoms with E-state index in [1.165, 1.54) is 6.42 Å². The molecule has 128 valence electrons. The van der Waals surface area contributed by atoms with Gasteiger partial charge in [-0.1, -0.05) is 27.7 Å². The van der Waals surface area contributed by atoms with Gasteiger partial charge in [0, 0.05) is 33.3 Å². The summed E-state index contributed by atoms with van der Waals surface area (Å²) >= 11 is 0. The second-order valence-corrected chi connectivity index (χ2v) is 5.38. The topological polar surface area (TPSA) is 48.9 Å². The van der Waals surface area contributed by atoms with Crippen molar-refractivity contribution in [2.24, 2.45) is 10.9 Å². The molecule has 0 spiro atoms. The highest BCUT2D eigenvalue weighted by molar-refractivity contribution is 14.0. The molecule has 0 heterocycles. The van der Waals surface area contributed by atoms with Crippen molar-refractivity contribution < 1.29 is 4.74 Å². The minimum atomic E-state index is 0. The zero-order chi connectivity index (χ0) is 15.4. The number of nitrogens with one attached hydrogen (secondary N) is 2. The SMILES string of the molecule is CCN(CC)C(CNC(=NC)NCCOC)CC(C)C.I. The van der Waals surface area contributed by atoms with E-state index in [0.29, 0.717) is 18.6 Å². The molecule has 0 aromatic carbocycles. The van der Waals surface area contributed by atoms with Crippen LogP contribution in [0, 0.1) is 5.92 Å². The zero-order valence-corrected chi connectivity index (χ0v) is 16.9. The fourth-order valence-electron chi connectivity index (χ4n) is 2.35. The minimum absolute atomic E-state index is 0. The molecule has 0 amide bonds. The van der Waals surface area contributed by atoms with Crippen molar-refractivity contribution in [1.29, 1.82) is 0 Å². The van der Waals surface area contributed by atoms with E-state index in [0.717, 1.165) is 32.1 Å². The molecule has 0 radical (unpaired) electrons. The fraction of sp³-hybridized carbons (Fsp3) is 0.933. The van der Waals surface area contributed by atoms with Crippen LogP contribution in [0.25, 0.3) is 0 Å². The van der Waals surface area contributed by atoms with Crippen molar-refractivity contribution in [3.63, 3.8) is 0 Å². The molecule has 0 aliphatic heterocycles. The molecule has 5 nitrogen and oxygen atoms in total.